The standard InChI is InChI=1S/C15H31NO/c1-3-4-5-6-7-8-9-10-11-15(17)14(2)12-13-16/h14H,3-13,16H2,1-2H3. The number of hydrogen-bond donors (Lipinski definition) is 1. The highest BCUT2D eigenvalue weighted by atomic mass is 16.1. The second-order valence-electron chi connectivity index (χ2n) is 5.17. The van der Waals surface area contributed by atoms with Gasteiger partial charge in [-0.25, -0.2) is 0 Å². The van der Waals surface area contributed by atoms with Crippen LogP contribution in [0.25, 0.3) is 0 Å². The molecule has 0 saturated carbocycles. The van der Waals surface area contributed by atoms with E-state index in [9.17, 15) is 4.79 Å². The smallest absolute Gasteiger partial charge is 0.135 e. The Kier molecular flexibility index (Phi) is 11.8. The molecule has 0 aromatic heterocycles. The van der Waals surface area contributed by atoms with Gasteiger partial charge in [-0.3, -0.25) is 4.79 Å². The van der Waals surface area contributed by atoms with Crippen LogP contribution in [0.15, 0.2) is 0 Å². The predicted molar refractivity (Wildman–Crippen MR) is 75.1 cm³/mol. The molecule has 0 rings (SSSR count). The number of carbonyl (C=O) groups is 1. The number of nitrogens with two attached hydrogens (primary N) is 1. The van der Waals surface area contributed by atoms with E-state index in [1.807, 2.05) is 6.92 Å². The van der Waals surface area contributed by atoms with Crippen molar-refractivity contribution >= 4 is 5.78 Å². The lowest BCUT2D eigenvalue weighted by Gasteiger charge is -2.08. The largest absolute Gasteiger partial charge is 0.330 e. The molecule has 2 N–H and O–H groups in total. The zero-order valence-corrected chi connectivity index (χ0v) is 11.8. The van der Waals surface area contributed by atoms with Crippen molar-refractivity contribution in [3.05, 3.63) is 0 Å². The van der Waals surface area contributed by atoms with Gasteiger partial charge in [-0.15, -0.1) is 0 Å². The zero-order chi connectivity index (χ0) is 12.9. The molecule has 0 aliphatic rings. The molecule has 102 valence electrons. The molecule has 0 aromatic rings. The van der Waals surface area contributed by atoms with Crippen LogP contribution in [0.1, 0.15) is 78.1 Å². The maximum Gasteiger partial charge on any atom is 0.135 e. The van der Waals surface area contributed by atoms with Crippen LogP contribution in [-0.2, 0) is 4.79 Å². The molecule has 2 nitrogen and oxygen atoms in total. The Balaban J connectivity index is 3.24. The van der Waals surface area contributed by atoms with Crippen molar-refractivity contribution in [3.8, 4) is 0 Å². The van der Waals surface area contributed by atoms with E-state index in [0.717, 1.165) is 19.3 Å². The average molecular weight is 241 g/mol. The lowest BCUT2D eigenvalue weighted by molar-refractivity contribution is -0.122. The van der Waals surface area contributed by atoms with Gasteiger partial charge in [0.2, 0.25) is 0 Å². The summed E-state index contributed by atoms with van der Waals surface area (Å²) in [5, 5.41) is 0. The van der Waals surface area contributed by atoms with Crippen LogP contribution in [0.2, 0.25) is 0 Å². The molecule has 0 fully saturated rings. The van der Waals surface area contributed by atoms with Crippen molar-refractivity contribution in [3.63, 3.8) is 0 Å². The summed E-state index contributed by atoms with van der Waals surface area (Å²) in [6, 6.07) is 0. The number of carbonyl (C=O) groups excluding carboxylic acids is 1. The summed E-state index contributed by atoms with van der Waals surface area (Å²) in [5.74, 6) is 0.575. The van der Waals surface area contributed by atoms with E-state index in [2.05, 4.69) is 6.92 Å². The summed E-state index contributed by atoms with van der Waals surface area (Å²) in [7, 11) is 0. The van der Waals surface area contributed by atoms with Gasteiger partial charge < -0.3 is 5.73 Å². The summed E-state index contributed by atoms with van der Waals surface area (Å²) in [4.78, 5) is 11.7. The molecular formula is C15H31NO. The molecule has 2 heteroatoms. The second kappa shape index (κ2) is 12.1. The summed E-state index contributed by atoms with van der Waals surface area (Å²) in [5.41, 5.74) is 5.45. The number of ketones is 1. The van der Waals surface area contributed by atoms with Gasteiger partial charge in [0.25, 0.3) is 0 Å². The molecule has 1 atom stereocenters. The fraction of sp³-hybridized carbons (Fsp3) is 0.933. The van der Waals surface area contributed by atoms with Crippen molar-refractivity contribution in [2.75, 3.05) is 6.54 Å². The van der Waals surface area contributed by atoms with Crippen LogP contribution in [0.5, 0.6) is 0 Å². The first kappa shape index (κ1) is 16.6. The summed E-state index contributed by atoms with van der Waals surface area (Å²) < 4.78 is 0. The van der Waals surface area contributed by atoms with Crippen LogP contribution in [0, 0.1) is 5.92 Å². The monoisotopic (exact) mass is 241 g/mol. The third kappa shape index (κ3) is 10.5. The molecule has 0 spiro atoms. The first-order valence-electron chi connectivity index (χ1n) is 7.45. The third-order valence-corrected chi connectivity index (χ3v) is 3.43. The van der Waals surface area contributed by atoms with Gasteiger partial charge in [0, 0.05) is 12.3 Å². The molecule has 0 aliphatic heterocycles. The summed E-state index contributed by atoms with van der Waals surface area (Å²) in [6.07, 6.45) is 12.0. The highest BCUT2D eigenvalue weighted by Gasteiger charge is 2.10. The van der Waals surface area contributed by atoms with E-state index in [0.29, 0.717) is 12.3 Å². The Morgan fingerprint density at radius 2 is 1.53 bits per heavy atom. The molecular weight excluding hydrogens is 210 g/mol. The lowest BCUT2D eigenvalue weighted by atomic mass is 9.97. The Morgan fingerprint density at radius 1 is 1.00 bits per heavy atom. The minimum Gasteiger partial charge on any atom is -0.330 e. The topological polar surface area (TPSA) is 43.1 Å². The fourth-order valence-electron chi connectivity index (χ4n) is 2.09. The number of Topliss-reactive ketones (excluding diaryl/α,β-unsaturated/α-hetero) is 1. The molecule has 17 heavy (non-hydrogen) atoms. The molecule has 0 bridgehead atoms. The third-order valence-electron chi connectivity index (χ3n) is 3.43. The fourth-order valence-corrected chi connectivity index (χ4v) is 2.09. The van der Waals surface area contributed by atoms with E-state index < -0.39 is 0 Å². The molecule has 0 heterocycles. The average Bonchev–Trinajstić information content (AvgIpc) is 2.32. The Morgan fingerprint density at radius 3 is 2.06 bits per heavy atom. The van der Waals surface area contributed by atoms with Gasteiger partial charge in [0.1, 0.15) is 5.78 Å². The van der Waals surface area contributed by atoms with E-state index >= 15 is 0 Å². The first-order chi connectivity index (χ1) is 8.22. The van der Waals surface area contributed by atoms with Crippen molar-refractivity contribution in [2.45, 2.75) is 78.1 Å². The van der Waals surface area contributed by atoms with Gasteiger partial charge in [0.15, 0.2) is 0 Å². The van der Waals surface area contributed by atoms with E-state index in [1.165, 1.54) is 44.9 Å². The zero-order valence-electron chi connectivity index (χ0n) is 11.8. The molecule has 0 aromatic carbocycles. The van der Waals surface area contributed by atoms with Crippen molar-refractivity contribution in [2.24, 2.45) is 11.7 Å². The van der Waals surface area contributed by atoms with Gasteiger partial charge >= 0.3 is 0 Å². The van der Waals surface area contributed by atoms with Gasteiger partial charge in [0.05, 0.1) is 0 Å². The van der Waals surface area contributed by atoms with Crippen LogP contribution in [0.3, 0.4) is 0 Å². The Labute approximate surface area is 107 Å². The predicted octanol–water partition coefficient (Wildman–Crippen LogP) is 4.07. The van der Waals surface area contributed by atoms with Crippen molar-refractivity contribution in [1.82, 2.24) is 0 Å². The highest BCUT2D eigenvalue weighted by Crippen LogP contribution is 2.12. The Bertz CT molecular complexity index is 180. The number of unbranched alkanes of at least 4 members (excludes halogenated alkanes) is 7. The highest BCUT2D eigenvalue weighted by molar-refractivity contribution is 5.80. The van der Waals surface area contributed by atoms with Crippen LogP contribution < -0.4 is 5.73 Å². The normalized spacial score (nSPS) is 12.6. The SMILES string of the molecule is CCCCCCCCCCC(=O)C(C)CCN. The minimum atomic E-state index is 0.171. The quantitative estimate of drug-likeness (QED) is 0.523. The molecule has 0 radical (unpaired) electrons. The lowest BCUT2D eigenvalue weighted by Crippen LogP contribution is -2.15. The van der Waals surface area contributed by atoms with Crippen molar-refractivity contribution < 1.29 is 4.79 Å². The maximum absolute atomic E-state index is 11.7. The minimum absolute atomic E-state index is 0.171. The first-order valence-corrected chi connectivity index (χ1v) is 7.45. The van der Waals surface area contributed by atoms with Crippen molar-refractivity contribution in [1.29, 1.82) is 0 Å². The molecule has 0 amide bonds. The Hall–Kier alpha value is -0.370. The maximum atomic E-state index is 11.7. The van der Waals surface area contributed by atoms with Crippen LogP contribution in [-0.4, -0.2) is 12.3 Å². The van der Waals surface area contributed by atoms with Gasteiger partial charge in [-0.05, 0) is 19.4 Å². The summed E-state index contributed by atoms with van der Waals surface area (Å²) in [6.45, 7) is 4.87. The molecule has 0 aliphatic carbocycles. The summed E-state index contributed by atoms with van der Waals surface area (Å²) >= 11 is 0. The molecule has 1 unspecified atom stereocenters. The number of hydrogen-bond acceptors (Lipinski definition) is 2. The molecule has 0 saturated heterocycles. The second-order valence-corrected chi connectivity index (χ2v) is 5.17. The van der Waals surface area contributed by atoms with E-state index in [4.69, 9.17) is 5.73 Å². The van der Waals surface area contributed by atoms with Gasteiger partial charge in [-0.1, -0.05) is 58.8 Å². The van der Waals surface area contributed by atoms with E-state index in [-0.39, 0.29) is 5.92 Å². The van der Waals surface area contributed by atoms with Crippen LogP contribution >= 0.6 is 0 Å². The van der Waals surface area contributed by atoms with Crippen LogP contribution in [0.4, 0.5) is 0 Å². The number of rotatable bonds is 12. The van der Waals surface area contributed by atoms with Gasteiger partial charge in [-0.2, -0.15) is 0 Å². The van der Waals surface area contributed by atoms with E-state index in [1.54, 1.807) is 0 Å².